The number of nitrogens with zero attached hydrogens (tertiary/aromatic N) is 4. The van der Waals surface area contributed by atoms with Gasteiger partial charge in [-0.2, -0.15) is 0 Å². The molecule has 2 rings (SSSR count). The Kier molecular flexibility index (Phi) is 3.59. The maximum Gasteiger partial charge on any atom is 0.251 e. The lowest BCUT2D eigenvalue weighted by Gasteiger charge is -2.24. The van der Waals surface area contributed by atoms with Gasteiger partial charge < -0.3 is 5.32 Å². The number of hydrogen-bond donors (Lipinski definition) is 1. The number of amides is 1. The summed E-state index contributed by atoms with van der Waals surface area (Å²) < 4.78 is 1.54. The van der Waals surface area contributed by atoms with Crippen molar-refractivity contribution in [2.75, 3.05) is 0 Å². The average molecular weight is 259 g/mol. The molecular formula is C13H17N5O. The zero-order valence-electron chi connectivity index (χ0n) is 11.3. The molecule has 0 bridgehead atoms. The number of carbonyl (C=O) groups excluding carboxylic acids is 1. The smallest absolute Gasteiger partial charge is 0.251 e. The summed E-state index contributed by atoms with van der Waals surface area (Å²) in [4.78, 5) is 12.1. The highest BCUT2D eigenvalue weighted by molar-refractivity contribution is 5.94. The number of hydrogen-bond acceptors (Lipinski definition) is 4. The minimum atomic E-state index is -0.203. The summed E-state index contributed by atoms with van der Waals surface area (Å²) >= 11 is 0. The number of rotatable bonds is 4. The Bertz CT molecular complexity index is 545. The predicted molar refractivity (Wildman–Crippen MR) is 71.0 cm³/mol. The zero-order chi connectivity index (χ0) is 13.9. The van der Waals surface area contributed by atoms with Crippen LogP contribution in [0, 0.1) is 0 Å². The zero-order valence-corrected chi connectivity index (χ0v) is 11.3. The number of carbonyl (C=O) groups is 1. The number of nitrogens with one attached hydrogen (secondary N) is 1. The number of aromatic nitrogens is 4. The van der Waals surface area contributed by atoms with Crippen LogP contribution >= 0.6 is 0 Å². The number of benzene rings is 1. The van der Waals surface area contributed by atoms with E-state index in [0.717, 1.165) is 12.1 Å². The Hall–Kier alpha value is -2.24. The van der Waals surface area contributed by atoms with Crippen LogP contribution in [0.15, 0.2) is 30.6 Å². The van der Waals surface area contributed by atoms with Crippen LogP contribution in [0.4, 0.5) is 0 Å². The van der Waals surface area contributed by atoms with Crippen molar-refractivity contribution in [3.63, 3.8) is 0 Å². The monoisotopic (exact) mass is 259 g/mol. The molecule has 19 heavy (non-hydrogen) atoms. The molecule has 1 heterocycles. The summed E-state index contributed by atoms with van der Waals surface area (Å²) in [6.45, 7) is 6.04. The molecule has 0 spiro atoms. The SMILES string of the molecule is CCC(C)(C)NC(=O)c1ccc(-n2cnnn2)cc1. The lowest BCUT2D eigenvalue weighted by Crippen LogP contribution is -2.42. The molecule has 1 aromatic heterocycles. The highest BCUT2D eigenvalue weighted by atomic mass is 16.1. The summed E-state index contributed by atoms with van der Waals surface area (Å²) in [5.41, 5.74) is 1.24. The molecule has 0 aliphatic carbocycles. The van der Waals surface area contributed by atoms with E-state index < -0.39 is 0 Å². The van der Waals surface area contributed by atoms with Crippen LogP contribution in [-0.2, 0) is 0 Å². The summed E-state index contributed by atoms with van der Waals surface area (Å²) in [6.07, 6.45) is 2.39. The Morgan fingerprint density at radius 2 is 2.00 bits per heavy atom. The van der Waals surface area contributed by atoms with Crippen LogP contribution in [0.3, 0.4) is 0 Å². The summed E-state index contributed by atoms with van der Waals surface area (Å²) in [5.74, 6) is -0.0740. The molecule has 1 N–H and O–H groups in total. The maximum atomic E-state index is 12.1. The van der Waals surface area contributed by atoms with Gasteiger partial charge in [0.2, 0.25) is 0 Å². The predicted octanol–water partition coefficient (Wildman–Crippen LogP) is 1.58. The Morgan fingerprint density at radius 1 is 1.32 bits per heavy atom. The fraction of sp³-hybridized carbons (Fsp3) is 0.385. The largest absolute Gasteiger partial charge is 0.347 e. The van der Waals surface area contributed by atoms with Crippen LogP contribution in [0.2, 0.25) is 0 Å². The van der Waals surface area contributed by atoms with Gasteiger partial charge in [0.05, 0.1) is 5.69 Å². The summed E-state index contributed by atoms with van der Waals surface area (Å²) in [5, 5.41) is 13.9. The first kappa shape index (κ1) is 13.2. The third-order valence-electron chi connectivity index (χ3n) is 3.08. The van der Waals surface area contributed by atoms with Gasteiger partial charge in [-0.25, -0.2) is 4.68 Å². The molecule has 0 radical (unpaired) electrons. The summed E-state index contributed by atoms with van der Waals surface area (Å²) in [6, 6.07) is 7.14. The first-order valence-electron chi connectivity index (χ1n) is 6.18. The van der Waals surface area contributed by atoms with Crippen molar-refractivity contribution in [2.45, 2.75) is 32.7 Å². The highest BCUT2D eigenvalue weighted by Crippen LogP contribution is 2.11. The molecule has 1 amide bonds. The van der Waals surface area contributed by atoms with Gasteiger partial charge in [-0.3, -0.25) is 4.79 Å². The third-order valence-corrected chi connectivity index (χ3v) is 3.08. The van der Waals surface area contributed by atoms with Gasteiger partial charge in [-0.05, 0) is 55.0 Å². The van der Waals surface area contributed by atoms with E-state index in [1.165, 1.54) is 11.0 Å². The second kappa shape index (κ2) is 5.17. The van der Waals surface area contributed by atoms with E-state index in [1.807, 2.05) is 32.9 Å². The molecule has 1 aromatic carbocycles. The first-order chi connectivity index (χ1) is 9.02. The minimum absolute atomic E-state index is 0.0740. The van der Waals surface area contributed by atoms with Gasteiger partial charge in [0, 0.05) is 11.1 Å². The Balaban J connectivity index is 2.13. The van der Waals surface area contributed by atoms with Crippen molar-refractivity contribution < 1.29 is 4.79 Å². The van der Waals surface area contributed by atoms with Crippen LogP contribution in [0.25, 0.3) is 5.69 Å². The molecule has 100 valence electrons. The standard InChI is InChI=1S/C13H17N5O/c1-4-13(2,3)15-12(19)10-5-7-11(8-6-10)18-9-14-16-17-18/h5-9H,4H2,1-3H3,(H,15,19). The van der Waals surface area contributed by atoms with E-state index in [-0.39, 0.29) is 11.4 Å². The Labute approximate surface area is 111 Å². The van der Waals surface area contributed by atoms with Crippen LogP contribution < -0.4 is 5.32 Å². The topological polar surface area (TPSA) is 72.7 Å². The quantitative estimate of drug-likeness (QED) is 0.904. The fourth-order valence-corrected chi connectivity index (χ4v) is 1.51. The molecular weight excluding hydrogens is 242 g/mol. The van der Waals surface area contributed by atoms with Crippen molar-refractivity contribution in [3.05, 3.63) is 36.2 Å². The summed E-state index contributed by atoms with van der Waals surface area (Å²) in [7, 11) is 0. The van der Waals surface area contributed by atoms with E-state index in [1.54, 1.807) is 12.1 Å². The molecule has 0 saturated carbocycles. The van der Waals surface area contributed by atoms with Crippen LogP contribution in [0.5, 0.6) is 0 Å². The molecule has 0 saturated heterocycles. The van der Waals surface area contributed by atoms with Crippen molar-refractivity contribution in [2.24, 2.45) is 0 Å². The van der Waals surface area contributed by atoms with Crippen LogP contribution in [0.1, 0.15) is 37.6 Å². The van der Waals surface area contributed by atoms with Gasteiger partial charge in [-0.1, -0.05) is 6.92 Å². The highest BCUT2D eigenvalue weighted by Gasteiger charge is 2.18. The average Bonchev–Trinajstić information content (AvgIpc) is 2.92. The van der Waals surface area contributed by atoms with E-state index in [0.29, 0.717) is 5.56 Å². The van der Waals surface area contributed by atoms with Gasteiger partial charge in [0.1, 0.15) is 6.33 Å². The second-order valence-electron chi connectivity index (χ2n) is 4.99. The third kappa shape index (κ3) is 3.15. The van der Waals surface area contributed by atoms with Gasteiger partial charge in [-0.15, -0.1) is 5.10 Å². The normalized spacial score (nSPS) is 11.3. The number of tetrazole rings is 1. The molecule has 0 fully saturated rings. The van der Waals surface area contributed by atoms with Gasteiger partial charge in [0.15, 0.2) is 0 Å². The van der Waals surface area contributed by atoms with E-state index in [4.69, 9.17) is 0 Å². The molecule has 2 aromatic rings. The van der Waals surface area contributed by atoms with Gasteiger partial charge >= 0.3 is 0 Å². The fourth-order valence-electron chi connectivity index (χ4n) is 1.51. The van der Waals surface area contributed by atoms with Gasteiger partial charge in [0.25, 0.3) is 5.91 Å². The molecule has 6 heteroatoms. The van der Waals surface area contributed by atoms with Crippen molar-refractivity contribution in [3.8, 4) is 5.69 Å². The molecule has 0 aliphatic rings. The minimum Gasteiger partial charge on any atom is -0.347 e. The second-order valence-corrected chi connectivity index (χ2v) is 4.99. The lowest BCUT2D eigenvalue weighted by molar-refractivity contribution is 0.0911. The van der Waals surface area contributed by atoms with E-state index in [2.05, 4.69) is 20.8 Å². The lowest BCUT2D eigenvalue weighted by atomic mass is 10.0. The molecule has 0 atom stereocenters. The van der Waals surface area contributed by atoms with Crippen LogP contribution in [-0.4, -0.2) is 31.7 Å². The molecule has 6 nitrogen and oxygen atoms in total. The van der Waals surface area contributed by atoms with Crippen molar-refractivity contribution in [1.29, 1.82) is 0 Å². The maximum absolute atomic E-state index is 12.1. The first-order valence-corrected chi connectivity index (χ1v) is 6.18. The van der Waals surface area contributed by atoms with E-state index in [9.17, 15) is 4.79 Å². The molecule has 0 aliphatic heterocycles. The molecule has 0 unspecified atom stereocenters. The Morgan fingerprint density at radius 3 is 2.53 bits per heavy atom. The van der Waals surface area contributed by atoms with Crippen molar-refractivity contribution in [1.82, 2.24) is 25.5 Å². The van der Waals surface area contributed by atoms with Crippen molar-refractivity contribution >= 4 is 5.91 Å². The van der Waals surface area contributed by atoms with E-state index >= 15 is 0 Å².